The van der Waals surface area contributed by atoms with Gasteiger partial charge in [-0.3, -0.25) is 0 Å². The van der Waals surface area contributed by atoms with Crippen LogP contribution in [0.2, 0.25) is 0 Å². The van der Waals surface area contributed by atoms with E-state index in [4.69, 9.17) is 4.74 Å². The molecule has 1 fully saturated rings. The molecule has 1 N–H and O–H groups in total. The molecule has 0 heterocycles. The lowest BCUT2D eigenvalue weighted by Gasteiger charge is -2.03. The van der Waals surface area contributed by atoms with Crippen LogP contribution >= 0.6 is 0 Å². The minimum absolute atomic E-state index is 0.848. The van der Waals surface area contributed by atoms with Crippen LogP contribution < -0.4 is 5.32 Å². The lowest BCUT2D eigenvalue weighted by atomic mass is 10.4. The van der Waals surface area contributed by atoms with Crippen LogP contribution in [0, 0.1) is 0 Å². The summed E-state index contributed by atoms with van der Waals surface area (Å²) < 4.78 is 5.44. The number of unbranched alkanes of at least 4 members (excludes halogenated alkanes) is 1. The fourth-order valence-electron chi connectivity index (χ4n) is 1.12. The van der Waals surface area contributed by atoms with E-state index >= 15 is 0 Å². The molecule has 0 aromatic carbocycles. The Morgan fingerprint density at radius 3 is 2.67 bits per heavy atom. The van der Waals surface area contributed by atoms with Crippen molar-refractivity contribution in [3.05, 3.63) is 0 Å². The second-order valence-corrected chi connectivity index (χ2v) is 3.55. The van der Waals surface area contributed by atoms with E-state index in [2.05, 4.69) is 12.2 Å². The van der Waals surface area contributed by atoms with Gasteiger partial charge in [0.2, 0.25) is 0 Å². The minimum atomic E-state index is 0.848. The van der Waals surface area contributed by atoms with Crippen LogP contribution in [0.4, 0.5) is 0 Å². The van der Waals surface area contributed by atoms with Crippen molar-refractivity contribution in [2.45, 2.75) is 45.1 Å². The first-order valence-electron chi connectivity index (χ1n) is 5.24. The maximum Gasteiger partial charge on any atom is 0.0478 e. The Bertz CT molecular complexity index is 102. The summed E-state index contributed by atoms with van der Waals surface area (Å²) in [6, 6.07) is 0.848. The summed E-state index contributed by atoms with van der Waals surface area (Å²) in [5.41, 5.74) is 0. The summed E-state index contributed by atoms with van der Waals surface area (Å²) in [7, 11) is 0. The molecule has 12 heavy (non-hydrogen) atoms. The lowest BCUT2D eigenvalue weighted by molar-refractivity contribution is 0.129. The highest BCUT2D eigenvalue weighted by molar-refractivity contribution is 4.80. The molecule has 1 aliphatic carbocycles. The molecule has 1 rings (SSSR count). The molecule has 2 nitrogen and oxygen atoms in total. The Morgan fingerprint density at radius 2 is 2.00 bits per heavy atom. The number of rotatable bonds is 8. The van der Waals surface area contributed by atoms with E-state index in [0.717, 1.165) is 25.8 Å². The molecule has 0 aliphatic heterocycles. The molecule has 0 bridgehead atoms. The van der Waals surface area contributed by atoms with E-state index < -0.39 is 0 Å². The minimum Gasteiger partial charge on any atom is -0.381 e. The Labute approximate surface area is 75.7 Å². The highest BCUT2D eigenvalue weighted by atomic mass is 16.5. The standard InChI is InChI=1S/C10H21NO/c1-2-3-8-12-9-4-7-11-10-5-6-10/h10-11H,2-9H2,1H3. The van der Waals surface area contributed by atoms with Gasteiger partial charge in [0.25, 0.3) is 0 Å². The van der Waals surface area contributed by atoms with E-state index in [-0.39, 0.29) is 0 Å². The number of hydrogen-bond acceptors (Lipinski definition) is 2. The molecular weight excluding hydrogens is 150 g/mol. The third kappa shape index (κ3) is 5.56. The van der Waals surface area contributed by atoms with Crippen LogP contribution in [0.25, 0.3) is 0 Å². The highest BCUT2D eigenvalue weighted by Gasteiger charge is 2.19. The molecule has 0 amide bonds. The van der Waals surface area contributed by atoms with E-state index in [0.29, 0.717) is 0 Å². The van der Waals surface area contributed by atoms with Crippen molar-refractivity contribution >= 4 is 0 Å². The van der Waals surface area contributed by atoms with Gasteiger partial charge in [-0.15, -0.1) is 0 Å². The monoisotopic (exact) mass is 171 g/mol. The number of nitrogens with one attached hydrogen (secondary N) is 1. The van der Waals surface area contributed by atoms with E-state index in [1.807, 2.05) is 0 Å². The van der Waals surface area contributed by atoms with Crippen molar-refractivity contribution in [2.75, 3.05) is 19.8 Å². The van der Waals surface area contributed by atoms with Crippen molar-refractivity contribution in [1.29, 1.82) is 0 Å². The normalized spacial score (nSPS) is 16.8. The van der Waals surface area contributed by atoms with Crippen LogP contribution in [-0.2, 0) is 4.74 Å². The summed E-state index contributed by atoms with van der Waals surface area (Å²) in [6.07, 6.45) is 6.38. The van der Waals surface area contributed by atoms with Crippen LogP contribution in [0.5, 0.6) is 0 Å². The zero-order valence-corrected chi connectivity index (χ0v) is 8.14. The van der Waals surface area contributed by atoms with Crippen molar-refractivity contribution in [1.82, 2.24) is 5.32 Å². The fourth-order valence-corrected chi connectivity index (χ4v) is 1.12. The van der Waals surface area contributed by atoms with Crippen LogP contribution in [0.15, 0.2) is 0 Å². The van der Waals surface area contributed by atoms with E-state index in [9.17, 15) is 0 Å². The van der Waals surface area contributed by atoms with Gasteiger partial charge in [-0.2, -0.15) is 0 Å². The molecule has 1 aliphatic rings. The molecule has 0 radical (unpaired) electrons. The lowest BCUT2D eigenvalue weighted by Crippen LogP contribution is -2.18. The fraction of sp³-hybridized carbons (Fsp3) is 1.00. The van der Waals surface area contributed by atoms with Crippen molar-refractivity contribution in [2.24, 2.45) is 0 Å². The number of ether oxygens (including phenoxy) is 1. The smallest absolute Gasteiger partial charge is 0.0478 e. The molecule has 0 aromatic heterocycles. The quantitative estimate of drug-likeness (QED) is 0.564. The maximum atomic E-state index is 5.44. The Kier molecular flexibility index (Phi) is 5.37. The predicted octanol–water partition coefficient (Wildman–Crippen LogP) is 1.95. The van der Waals surface area contributed by atoms with Gasteiger partial charge in [-0.05, 0) is 32.2 Å². The topological polar surface area (TPSA) is 21.3 Å². The Balaban J connectivity index is 1.65. The molecule has 0 unspecified atom stereocenters. The molecular formula is C10H21NO. The molecule has 72 valence electrons. The number of hydrogen-bond donors (Lipinski definition) is 1. The maximum absolute atomic E-state index is 5.44. The Morgan fingerprint density at radius 1 is 1.25 bits per heavy atom. The summed E-state index contributed by atoms with van der Waals surface area (Å²) in [5, 5.41) is 3.47. The highest BCUT2D eigenvalue weighted by Crippen LogP contribution is 2.18. The van der Waals surface area contributed by atoms with Gasteiger partial charge in [0.05, 0.1) is 0 Å². The first kappa shape index (κ1) is 10.0. The van der Waals surface area contributed by atoms with Gasteiger partial charge in [-0.1, -0.05) is 13.3 Å². The Hall–Kier alpha value is -0.0800. The van der Waals surface area contributed by atoms with Gasteiger partial charge in [-0.25, -0.2) is 0 Å². The van der Waals surface area contributed by atoms with Crippen LogP contribution in [0.1, 0.15) is 39.0 Å². The first-order chi connectivity index (χ1) is 5.93. The summed E-state index contributed by atoms with van der Waals surface area (Å²) in [5.74, 6) is 0. The first-order valence-corrected chi connectivity index (χ1v) is 5.24. The second-order valence-electron chi connectivity index (χ2n) is 3.55. The predicted molar refractivity (Wildman–Crippen MR) is 51.4 cm³/mol. The molecule has 0 aromatic rings. The molecule has 2 heteroatoms. The average Bonchev–Trinajstić information content (AvgIpc) is 2.87. The van der Waals surface area contributed by atoms with E-state index in [1.165, 1.54) is 32.1 Å². The average molecular weight is 171 g/mol. The van der Waals surface area contributed by atoms with Gasteiger partial charge in [0.1, 0.15) is 0 Å². The van der Waals surface area contributed by atoms with Crippen LogP contribution in [-0.4, -0.2) is 25.8 Å². The van der Waals surface area contributed by atoms with Gasteiger partial charge in [0.15, 0.2) is 0 Å². The van der Waals surface area contributed by atoms with Gasteiger partial charge < -0.3 is 10.1 Å². The van der Waals surface area contributed by atoms with Crippen molar-refractivity contribution in [3.63, 3.8) is 0 Å². The third-order valence-electron chi connectivity index (χ3n) is 2.12. The zero-order chi connectivity index (χ0) is 8.65. The van der Waals surface area contributed by atoms with Gasteiger partial charge >= 0.3 is 0 Å². The SMILES string of the molecule is CCCCOCCCNC1CC1. The van der Waals surface area contributed by atoms with Crippen LogP contribution in [0.3, 0.4) is 0 Å². The second kappa shape index (κ2) is 6.44. The van der Waals surface area contributed by atoms with Crippen molar-refractivity contribution in [3.8, 4) is 0 Å². The zero-order valence-electron chi connectivity index (χ0n) is 8.14. The summed E-state index contributed by atoms with van der Waals surface area (Å²) >= 11 is 0. The molecule has 0 atom stereocenters. The van der Waals surface area contributed by atoms with Gasteiger partial charge in [0, 0.05) is 19.3 Å². The molecule has 0 saturated heterocycles. The molecule has 0 spiro atoms. The summed E-state index contributed by atoms with van der Waals surface area (Å²) in [6.45, 7) is 5.20. The molecule has 1 saturated carbocycles. The third-order valence-corrected chi connectivity index (χ3v) is 2.12. The largest absolute Gasteiger partial charge is 0.381 e. The van der Waals surface area contributed by atoms with Crippen molar-refractivity contribution < 1.29 is 4.74 Å². The summed E-state index contributed by atoms with van der Waals surface area (Å²) in [4.78, 5) is 0. The van der Waals surface area contributed by atoms with E-state index in [1.54, 1.807) is 0 Å².